The highest BCUT2D eigenvalue weighted by molar-refractivity contribution is 5.49. The largest absolute Gasteiger partial charge is 0.490 e. The van der Waals surface area contributed by atoms with Gasteiger partial charge in [-0.1, -0.05) is 6.07 Å². The topological polar surface area (TPSA) is 111 Å². The van der Waals surface area contributed by atoms with Gasteiger partial charge in [0.2, 0.25) is 0 Å². The van der Waals surface area contributed by atoms with Crippen LogP contribution in [0.4, 0.5) is 5.82 Å². The number of H-pyrrole nitrogens is 1. The van der Waals surface area contributed by atoms with Crippen molar-refractivity contribution in [3.05, 3.63) is 35.5 Å². The molecule has 0 fully saturated rings. The number of benzene rings is 1. The first-order valence-corrected chi connectivity index (χ1v) is 6.85. The van der Waals surface area contributed by atoms with Crippen LogP contribution < -0.4 is 26.5 Å². The van der Waals surface area contributed by atoms with Gasteiger partial charge in [0.1, 0.15) is 5.82 Å². The molecule has 1 heterocycles. The molecule has 2 rings (SSSR count). The van der Waals surface area contributed by atoms with E-state index in [1.54, 1.807) is 6.20 Å². The molecule has 21 heavy (non-hydrogen) atoms. The SMILES string of the molecule is CCOc1ccc(C(NN)c2cn[nH]c2N)cc1OCC. The number of nitrogens with two attached hydrogens (primary N) is 2. The summed E-state index contributed by atoms with van der Waals surface area (Å²) < 4.78 is 11.2. The minimum atomic E-state index is -0.279. The smallest absolute Gasteiger partial charge is 0.161 e. The zero-order valence-electron chi connectivity index (χ0n) is 12.2. The number of aromatic nitrogens is 2. The molecule has 0 aliphatic carbocycles. The molecule has 0 radical (unpaired) electrons. The molecule has 0 amide bonds. The van der Waals surface area contributed by atoms with Gasteiger partial charge >= 0.3 is 0 Å². The first kappa shape index (κ1) is 15.1. The van der Waals surface area contributed by atoms with Gasteiger partial charge < -0.3 is 15.2 Å². The monoisotopic (exact) mass is 291 g/mol. The third-order valence-electron chi connectivity index (χ3n) is 3.08. The number of hydrogen-bond donors (Lipinski definition) is 4. The van der Waals surface area contributed by atoms with E-state index in [1.165, 1.54) is 0 Å². The molecule has 0 aliphatic rings. The molecule has 0 saturated carbocycles. The zero-order chi connectivity index (χ0) is 15.2. The van der Waals surface area contributed by atoms with E-state index in [4.69, 9.17) is 21.1 Å². The Morgan fingerprint density at radius 2 is 1.95 bits per heavy atom. The number of rotatable bonds is 7. The lowest BCUT2D eigenvalue weighted by molar-refractivity contribution is 0.287. The van der Waals surface area contributed by atoms with Crippen LogP contribution in [-0.4, -0.2) is 23.4 Å². The molecule has 1 atom stereocenters. The Bertz CT molecular complexity index is 584. The van der Waals surface area contributed by atoms with Gasteiger partial charge in [0.05, 0.1) is 25.5 Å². The normalized spacial score (nSPS) is 12.1. The third-order valence-corrected chi connectivity index (χ3v) is 3.08. The van der Waals surface area contributed by atoms with E-state index in [0.717, 1.165) is 11.1 Å². The molecular formula is C14H21N5O2. The summed E-state index contributed by atoms with van der Waals surface area (Å²) in [7, 11) is 0. The highest BCUT2D eigenvalue weighted by Crippen LogP contribution is 2.33. The van der Waals surface area contributed by atoms with Crippen molar-refractivity contribution in [3.63, 3.8) is 0 Å². The first-order valence-electron chi connectivity index (χ1n) is 6.85. The van der Waals surface area contributed by atoms with Crippen LogP contribution in [0.5, 0.6) is 11.5 Å². The molecule has 0 spiro atoms. The van der Waals surface area contributed by atoms with Crippen molar-refractivity contribution < 1.29 is 9.47 Å². The summed E-state index contributed by atoms with van der Waals surface area (Å²) in [5.41, 5.74) is 10.3. The third kappa shape index (κ3) is 3.26. The molecular weight excluding hydrogens is 270 g/mol. The maximum Gasteiger partial charge on any atom is 0.161 e. The Balaban J connectivity index is 2.38. The second kappa shape index (κ2) is 6.96. The molecule has 6 N–H and O–H groups in total. The first-order chi connectivity index (χ1) is 10.2. The molecule has 1 unspecified atom stereocenters. The quantitative estimate of drug-likeness (QED) is 0.452. The lowest BCUT2D eigenvalue weighted by Crippen LogP contribution is -2.29. The van der Waals surface area contributed by atoms with E-state index >= 15 is 0 Å². The summed E-state index contributed by atoms with van der Waals surface area (Å²) in [5, 5.41) is 6.62. The molecule has 7 nitrogen and oxygen atoms in total. The van der Waals surface area contributed by atoms with Crippen molar-refractivity contribution in [3.8, 4) is 11.5 Å². The molecule has 1 aromatic carbocycles. The van der Waals surface area contributed by atoms with Crippen LogP contribution in [0.2, 0.25) is 0 Å². The highest BCUT2D eigenvalue weighted by Gasteiger charge is 2.19. The minimum Gasteiger partial charge on any atom is -0.490 e. The molecule has 2 aromatic rings. The summed E-state index contributed by atoms with van der Waals surface area (Å²) in [6.45, 7) is 4.99. The number of aromatic amines is 1. The standard InChI is InChI=1S/C14H21N5O2/c1-3-20-11-6-5-9(7-12(11)21-4-2)13(18-16)10-8-17-19-14(10)15/h5-8,13,18H,3-4,16H2,1-2H3,(H3,15,17,19). The molecule has 0 bridgehead atoms. The van der Waals surface area contributed by atoms with E-state index in [1.807, 2.05) is 32.0 Å². The lowest BCUT2D eigenvalue weighted by Gasteiger charge is -2.18. The maximum atomic E-state index is 5.86. The van der Waals surface area contributed by atoms with Crippen LogP contribution in [0.15, 0.2) is 24.4 Å². The Morgan fingerprint density at radius 1 is 1.24 bits per heavy atom. The van der Waals surface area contributed by atoms with Crippen LogP contribution in [0.3, 0.4) is 0 Å². The Hall–Kier alpha value is -2.25. The van der Waals surface area contributed by atoms with Crippen molar-refractivity contribution in [2.45, 2.75) is 19.9 Å². The van der Waals surface area contributed by atoms with Gasteiger partial charge in [-0.15, -0.1) is 0 Å². The van der Waals surface area contributed by atoms with E-state index in [-0.39, 0.29) is 6.04 Å². The number of nitrogens with one attached hydrogen (secondary N) is 2. The average molecular weight is 291 g/mol. The molecule has 7 heteroatoms. The van der Waals surface area contributed by atoms with E-state index < -0.39 is 0 Å². The van der Waals surface area contributed by atoms with Crippen LogP contribution >= 0.6 is 0 Å². The zero-order valence-corrected chi connectivity index (χ0v) is 12.2. The van der Waals surface area contributed by atoms with Gasteiger partial charge in [0.15, 0.2) is 11.5 Å². The number of nitrogen functional groups attached to an aromatic ring is 1. The fraction of sp³-hybridized carbons (Fsp3) is 0.357. The number of anilines is 1. The van der Waals surface area contributed by atoms with Gasteiger partial charge in [0, 0.05) is 5.56 Å². The average Bonchev–Trinajstić information content (AvgIpc) is 2.89. The number of hydrogen-bond acceptors (Lipinski definition) is 6. The molecule has 0 aliphatic heterocycles. The van der Waals surface area contributed by atoms with E-state index in [0.29, 0.717) is 30.5 Å². The van der Waals surface area contributed by atoms with Gasteiger partial charge in [-0.2, -0.15) is 5.10 Å². The van der Waals surface area contributed by atoms with Gasteiger partial charge in [0.25, 0.3) is 0 Å². The number of ether oxygens (including phenoxy) is 2. The van der Waals surface area contributed by atoms with E-state index in [9.17, 15) is 0 Å². The Morgan fingerprint density at radius 3 is 2.52 bits per heavy atom. The summed E-state index contributed by atoms with van der Waals surface area (Å²) in [5.74, 6) is 7.53. The van der Waals surface area contributed by atoms with Crippen LogP contribution in [-0.2, 0) is 0 Å². The lowest BCUT2D eigenvalue weighted by atomic mass is 10.0. The predicted molar refractivity (Wildman–Crippen MR) is 80.9 cm³/mol. The molecule has 1 aromatic heterocycles. The van der Waals surface area contributed by atoms with Crippen LogP contribution in [0, 0.1) is 0 Å². The van der Waals surface area contributed by atoms with Crippen molar-refractivity contribution >= 4 is 5.82 Å². The molecule has 0 saturated heterocycles. The minimum absolute atomic E-state index is 0.279. The van der Waals surface area contributed by atoms with Crippen molar-refractivity contribution in [1.82, 2.24) is 15.6 Å². The summed E-state index contributed by atoms with van der Waals surface area (Å²) in [4.78, 5) is 0. The number of nitrogens with zero attached hydrogens (tertiary/aromatic N) is 1. The van der Waals surface area contributed by atoms with Crippen LogP contribution in [0.1, 0.15) is 31.0 Å². The second-order valence-corrected chi connectivity index (χ2v) is 4.41. The fourth-order valence-electron chi connectivity index (χ4n) is 2.15. The Kier molecular flexibility index (Phi) is 5.02. The van der Waals surface area contributed by atoms with Crippen molar-refractivity contribution in [1.29, 1.82) is 0 Å². The molecule has 114 valence electrons. The number of hydrazine groups is 1. The predicted octanol–water partition coefficient (Wildman–Crippen LogP) is 1.34. The summed E-state index contributed by atoms with van der Waals surface area (Å²) in [6.07, 6.45) is 1.65. The fourth-order valence-corrected chi connectivity index (χ4v) is 2.15. The van der Waals surface area contributed by atoms with Gasteiger partial charge in [-0.25, -0.2) is 5.43 Å². The summed E-state index contributed by atoms with van der Waals surface area (Å²) in [6, 6.07) is 5.40. The highest BCUT2D eigenvalue weighted by atomic mass is 16.5. The summed E-state index contributed by atoms with van der Waals surface area (Å²) >= 11 is 0. The van der Waals surface area contributed by atoms with Gasteiger partial charge in [-0.3, -0.25) is 10.9 Å². The van der Waals surface area contributed by atoms with Crippen molar-refractivity contribution in [2.75, 3.05) is 18.9 Å². The van der Waals surface area contributed by atoms with Gasteiger partial charge in [-0.05, 0) is 31.5 Å². The Labute approximate surface area is 123 Å². The van der Waals surface area contributed by atoms with Crippen LogP contribution in [0.25, 0.3) is 0 Å². The maximum absolute atomic E-state index is 5.86. The van der Waals surface area contributed by atoms with Crippen molar-refractivity contribution in [2.24, 2.45) is 5.84 Å². The second-order valence-electron chi connectivity index (χ2n) is 4.41. The van der Waals surface area contributed by atoms with E-state index in [2.05, 4.69) is 15.6 Å².